The van der Waals surface area contributed by atoms with Gasteiger partial charge in [0.15, 0.2) is 6.29 Å². The van der Waals surface area contributed by atoms with E-state index in [9.17, 15) is 10.2 Å². The molecule has 0 aromatic rings. The topological polar surface area (TPSA) is 88.4 Å². The number of rotatable bonds is 5. The third kappa shape index (κ3) is 3.67. The SMILES string of the molecule is COCCOC1C[C@@H](O)[C@@H](O)[C@@H](CO)O1. The maximum atomic E-state index is 9.45. The van der Waals surface area contributed by atoms with Gasteiger partial charge in [0.2, 0.25) is 0 Å². The molecule has 0 amide bonds. The number of hydrogen-bond acceptors (Lipinski definition) is 6. The van der Waals surface area contributed by atoms with Gasteiger partial charge in [-0.3, -0.25) is 0 Å². The van der Waals surface area contributed by atoms with Crippen molar-refractivity contribution in [2.45, 2.75) is 31.0 Å². The first-order chi connectivity index (χ1) is 7.19. The normalized spacial score (nSPS) is 36.8. The minimum Gasteiger partial charge on any atom is -0.394 e. The lowest BCUT2D eigenvalue weighted by atomic mass is 10.0. The minimum atomic E-state index is -1.06. The summed E-state index contributed by atoms with van der Waals surface area (Å²) < 4.78 is 15.3. The van der Waals surface area contributed by atoms with Gasteiger partial charge in [0.1, 0.15) is 12.2 Å². The highest BCUT2D eigenvalue weighted by Crippen LogP contribution is 2.20. The van der Waals surface area contributed by atoms with E-state index in [0.717, 1.165) is 0 Å². The molecule has 0 aromatic heterocycles. The van der Waals surface area contributed by atoms with Crippen molar-refractivity contribution in [3.63, 3.8) is 0 Å². The number of ether oxygens (including phenoxy) is 3. The highest BCUT2D eigenvalue weighted by Gasteiger charge is 2.36. The Labute approximate surface area is 88.4 Å². The minimum absolute atomic E-state index is 0.196. The zero-order valence-corrected chi connectivity index (χ0v) is 8.70. The monoisotopic (exact) mass is 222 g/mol. The molecule has 0 bridgehead atoms. The Morgan fingerprint density at radius 3 is 2.67 bits per heavy atom. The van der Waals surface area contributed by atoms with E-state index in [1.54, 1.807) is 7.11 Å². The summed E-state index contributed by atoms with van der Waals surface area (Å²) in [5, 5.41) is 27.8. The lowest BCUT2D eigenvalue weighted by Crippen LogP contribution is -2.50. The molecule has 6 heteroatoms. The highest BCUT2D eigenvalue weighted by molar-refractivity contribution is 4.82. The van der Waals surface area contributed by atoms with Gasteiger partial charge in [-0.05, 0) is 0 Å². The van der Waals surface area contributed by atoms with Gasteiger partial charge in [-0.1, -0.05) is 0 Å². The molecule has 1 aliphatic heterocycles. The maximum absolute atomic E-state index is 9.45. The van der Waals surface area contributed by atoms with E-state index >= 15 is 0 Å². The molecule has 1 fully saturated rings. The molecule has 0 spiro atoms. The van der Waals surface area contributed by atoms with Crippen LogP contribution in [-0.4, -0.2) is 66.9 Å². The molecule has 3 N–H and O–H groups in total. The van der Waals surface area contributed by atoms with Crippen molar-refractivity contribution in [1.82, 2.24) is 0 Å². The molecule has 15 heavy (non-hydrogen) atoms. The van der Waals surface area contributed by atoms with Crippen molar-refractivity contribution in [3.05, 3.63) is 0 Å². The first kappa shape index (κ1) is 12.8. The fraction of sp³-hybridized carbons (Fsp3) is 1.00. The standard InChI is InChI=1S/C9H18O6/c1-13-2-3-14-8-4-6(11)9(12)7(5-10)15-8/h6-12H,2-5H2,1H3/t6-,7-,8?,9-/m1/s1. The van der Waals surface area contributed by atoms with Crippen LogP contribution in [0.2, 0.25) is 0 Å². The lowest BCUT2D eigenvalue weighted by molar-refractivity contribution is -0.258. The molecule has 1 heterocycles. The zero-order valence-electron chi connectivity index (χ0n) is 8.70. The molecule has 0 radical (unpaired) electrons. The van der Waals surface area contributed by atoms with Gasteiger partial charge in [0.25, 0.3) is 0 Å². The Hall–Kier alpha value is -0.240. The van der Waals surface area contributed by atoms with E-state index in [1.807, 2.05) is 0 Å². The third-order valence-corrected chi connectivity index (χ3v) is 2.31. The Bertz CT molecular complexity index is 176. The van der Waals surface area contributed by atoms with Crippen LogP contribution in [0.4, 0.5) is 0 Å². The summed E-state index contributed by atoms with van der Waals surface area (Å²) in [6, 6.07) is 0. The second kappa shape index (κ2) is 6.37. The molecule has 1 rings (SSSR count). The van der Waals surface area contributed by atoms with Gasteiger partial charge in [0, 0.05) is 13.5 Å². The number of hydrogen-bond donors (Lipinski definition) is 3. The summed E-state index contributed by atoms with van der Waals surface area (Å²) in [6.45, 7) is 0.437. The van der Waals surface area contributed by atoms with Crippen LogP contribution in [-0.2, 0) is 14.2 Å². The predicted octanol–water partition coefficient (Wildman–Crippen LogP) is -1.52. The van der Waals surface area contributed by atoms with Gasteiger partial charge in [0.05, 0.1) is 25.9 Å². The third-order valence-electron chi connectivity index (χ3n) is 2.31. The summed E-state index contributed by atoms with van der Waals surface area (Å²) in [5.74, 6) is 0. The van der Waals surface area contributed by atoms with Crippen molar-refractivity contribution in [1.29, 1.82) is 0 Å². The van der Waals surface area contributed by atoms with Crippen LogP contribution < -0.4 is 0 Å². The first-order valence-corrected chi connectivity index (χ1v) is 4.92. The zero-order chi connectivity index (χ0) is 11.3. The second-order valence-electron chi connectivity index (χ2n) is 3.44. The fourth-order valence-electron chi connectivity index (χ4n) is 1.44. The molecule has 1 unspecified atom stereocenters. The molecule has 0 aromatic carbocycles. The Kier molecular flexibility index (Phi) is 5.44. The van der Waals surface area contributed by atoms with E-state index < -0.39 is 24.6 Å². The van der Waals surface area contributed by atoms with Gasteiger partial charge >= 0.3 is 0 Å². The molecule has 1 saturated heterocycles. The van der Waals surface area contributed by atoms with Crippen molar-refractivity contribution in [2.24, 2.45) is 0 Å². The first-order valence-electron chi connectivity index (χ1n) is 4.92. The molecule has 0 aliphatic carbocycles. The van der Waals surface area contributed by atoms with Gasteiger partial charge in [-0.25, -0.2) is 0 Å². The largest absolute Gasteiger partial charge is 0.394 e. The smallest absolute Gasteiger partial charge is 0.160 e. The number of aliphatic hydroxyl groups is 3. The summed E-state index contributed by atoms with van der Waals surface area (Å²) in [4.78, 5) is 0. The van der Waals surface area contributed by atoms with Crippen LogP contribution in [0.25, 0.3) is 0 Å². The average Bonchev–Trinajstić information content (AvgIpc) is 2.23. The summed E-state index contributed by atoms with van der Waals surface area (Å²) in [7, 11) is 1.56. The quantitative estimate of drug-likeness (QED) is 0.490. The Balaban J connectivity index is 2.34. The van der Waals surface area contributed by atoms with E-state index in [0.29, 0.717) is 13.2 Å². The van der Waals surface area contributed by atoms with E-state index in [2.05, 4.69) is 0 Å². The molecule has 90 valence electrons. The van der Waals surface area contributed by atoms with Crippen LogP contribution in [0.1, 0.15) is 6.42 Å². The second-order valence-corrected chi connectivity index (χ2v) is 3.44. The Morgan fingerprint density at radius 2 is 2.07 bits per heavy atom. The summed E-state index contributed by atoms with van der Waals surface area (Å²) in [6.07, 6.45) is -3.18. The molecule has 0 saturated carbocycles. The van der Waals surface area contributed by atoms with E-state index in [-0.39, 0.29) is 13.0 Å². The van der Waals surface area contributed by atoms with Crippen LogP contribution in [0.3, 0.4) is 0 Å². The predicted molar refractivity (Wildman–Crippen MR) is 50.2 cm³/mol. The lowest BCUT2D eigenvalue weighted by Gasteiger charge is -2.35. The molecule has 1 aliphatic rings. The average molecular weight is 222 g/mol. The molecular formula is C9H18O6. The van der Waals surface area contributed by atoms with Crippen LogP contribution in [0, 0.1) is 0 Å². The van der Waals surface area contributed by atoms with Crippen molar-refractivity contribution >= 4 is 0 Å². The molecule has 6 nitrogen and oxygen atoms in total. The molecule has 4 atom stereocenters. The fourth-order valence-corrected chi connectivity index (χ4v) is 1.44. The van der Waals surface area contributed by atoms with E-state index in [4.69, 9.17) is 19.3 Å². The number of methoxy groups -OCH3 is 1. The molecular weight excluding hydrogens is 204 g/mol. The maximum Gasteiger partial charge on any atom is 0.160 e. The van der Waals surface area contributed by atoms with Gasteiger partial charge in [-0.2, -0.15) is 0 Å². The highest BCUT2D eigenvalue weighted by atomic mass is 16.7. The van der Waals surface area contributed by atoms with Crippen molar-refractivity contribution < 1.29 is 29.5 Å². The Morgan fingerprint density at radius 1 is 1.33 bits per heavy atom. The summed E-state index contributed by atoms with van der Waals surface area (Å²) in [5.41, 5.74) is 0. The van der Waals surface area contributed by atoms with E-state index in [1.165, 1.54) is 0 Å². The van der Waals surface area contributed by atoms with Crippen molar-refractivity contribution in [3.8, 4) is 0 Å². The van der Waals surface area contributed by atoms with Crippen LogP contribution >= 0.6 is 0 Å². The van der Waals surface area contributed by atoms with Gasteiger partial charge < -0.3 is 29.5 Å². The number of aliphatic hydroxyl groups excluding tert-OH is 3. The van der Waals surface area contributed by atoms with Gasteiger partial charge in [-0.15, -0.1) is 0 Å². The van der Waals surface area contributed by atoms with Crippen molar-refractivity contribution in [2.75, 3.05) is 26.9 Å². The van der Waals surface area contributed by atoms with Crippen LogP contribution in [0.15, 0.2) is 0 Å². The summed E-state index contributed by atoms with van der Waals surface area (Å²) >= 11 is 0. The van der Waals surface area contributed by atoms with Crippen LogP contribution in [0.5, 0.6) is 0 Å².